The number of nitrogens with zero attached hydrogens (tertiary/aromatic N) is 2. The van der Waals surface area contributed by atoms with Crippen LogP contribution in [0.2, 0.25) is 10.0 Å². The smallest absolute Gasteiger partial charge is 0.271 e. The fourth-order valence-corrected chi connectivity index (χ4v) is 5.03. The predicted octanol–water partition coefficient (Wildman–Crippen LogP) is 7.82. The van der Waals surface area contributed by atoms with Gasteiger partial charge in [-0.1, -0.05) is 71.7 Å². The third-order valence-corrected chi connectivity index (χ3v) is 7.24. The molecule has 1 fully saturated rings. The molecule has 1 heterocycles. The molecule has 4 aromatic carbocycles. The number of aliphatic imine (C=N–C) groups is 1. The monoisotopic (exact) mass is 573 g/mol. The zero-order valence-electron chi connectivity index (χ0n) is 20.4. The summed E-state index contributed by atoms with van der Waals surface area (Å²) in [6.07, 6.45) is 1.79. The average Bonchev–Trinajstić information content (AvgIpc) is 3.24. The Morgan fingerprint density at radius 2 is 1.64 bits per heavy atom. The van der Waals surface area contributed by atoms with E-state index in [2.05, 4.69) is 5.32 Å². The van der Waals surface area contributed by atoms with Crippen molar-refractivity contribution in [1.29, 1.82) is 0 Å². The maximum absolute atomic E-state index is 13.5. The molecule has 0 saturated carbocycles. The lowest BCUT2D eigenvalue weighted by Gasteiger charge is -2.15. The molecule has 1 aliphatic rings. The highest BCUT2D eigenvalue weighted by atomic mass is 35.5. The number of amidine groups is 1. The Bertz CT molecular complexity index is 1580. The number of hydrogen-bond donors (Lipinski definition) is 1. The van der Waals surface area contributed by atoms with Gasteiger partial charge in [0.25, 0.3) is 11.8 Å². The van der Waals surface area contributed by atoms with E-state index >= 15 is 0 Å². The van der Waals surface area contributed by atoms with Crippen LogP contribution in [0, 0.1) is 0 Å². The first-order valence-corrected chi connectivity index (χ1v) is 13.4. The Morgan fingerprint density at radius 1 is 0.897 bits per heavy atom. The van der Waals surface area contributed by atoms with Crippen molar-refractivity contribution in [2.75, 3.05) is 16.8 Å². The molecule has 4 aromatic rings. The Labute approximate surface area is 239 Å². The molecule has 1 saturated heterocycles. The highest BCUT2D eigenvalue weighted by Crippen LogP contribution is 2.37. The maximum Gasteiger partial charge on any atom is 0.271 e. The van der Waals surface area contributed by atoms with E-state index in [-0.39, 0.29) is 18.4 Å². The Hall–Kier alpha value is -4.04. The largest absolute Gasteiger partial charge is 0.484 e. The topological polar surface area (TPSA) is 71.0 Å². The molecule has 0 atom stereocenters. The van der Waals surface area contributed by atoms with Gasteiger partial charge in [-0.3, -0.25) is 14.5 Å². The van der Waals surface area contributed by atoms with Crippen LogP contribution in [-0.4, -0.2) is 23.6 Å². The van der Waals surface area contributed by atoms with Gasteiger partial charge in [0.2, 0.25) is 0 Å². The van der Waals surface area contributed by atoms with Gasteiger partial charge in [-0.15, -0.1) is 0 Å². The lowest BCUT2D eigenvalue weighted by atomic mass is 10.2. The lowest BCUT2D eigenvalue weighted by Crippen LogP contribution is -2.28. The van der Waals surface area contributed by atoms with Crippen LogP contribution in [0.5, 0.6) is 5.75 Å². The summed E-state index contributed by atoms with van der Waals surface area (Å²) in [6, 6.07) is 30.9. The van der Waals surface area contributed by atoms with Gasteiger partial charge in [0.15, 0.2) is 11.8 Å². The molecular formula is C30H21Cl2N3O3S. The van der Waals surface area contributed by atoms with E-state index in [1.165, 1.54) is 11.8 Å². The Balaban J connectivity index is 1.32. The summed E-state index contributed by atoms with van der Waals surface area (Å²) in [4.78, 5) is 32.7. The summed E-state index contributed by atoms with van der Waals surface area (Å²) in [5.41, 5.74) is 2.76. The molecule has 5 rings (SSSR count). The number of hydrogen-bond acceptors (Lipinski definition) is 5. The minimum absolute atomic E-state index is 0.173. The second-order valence-electron chi connectivity index (χ2n) is 8.35. The van der Waals surface area contributed by atoms with Crippen molar-refractivity contribution in [1.82, 2.24) is 0 Å². The minimum Gasteiger partial charge on any atom is -0.484 e. The summed E-state index contributed by atoms with van der Waals surface area (Å²) in [5, 5.41) is 4.03. The Morgan fingerprint density at radius 3 is 2.38 bits per heavy atom. The van der Waals surface area contributed by atoms with Gasteiger partial charge in [0, 0.05) is 5.69 Å². The number of para-hydroxylation sites is 2. The average molecular weight is 574 g/mol. The molecule has 1 N–H and O–H groups in total. The van der Waals surface area contributed by atoms with Crippen LogP contribution in [0.25, 0.3) is 6.08 Å². The number of benzene rings is 4. The number of thioether (sulfide) groups is 1. The van der Waals surface area contributed by atoms with E-state index in [1.54, 1.807) is 47.4 Å². The van der Waals surface area contributed by atoms with Crippen LogP contribution in [0.4, 0.5) is 17.1 Å². The number of carbonyl (C=O) groups is 2. The second kappa shape index (κ2) is 12.2. The van der Waals surface area contributed by atoms with E-state index in [0.717, 1.165) is 16.9 Å². The molecule has 0 unspecified atom stereocenters. The van der Waals surface area contributed by atoms with Gasteiger partial charge in [-0.25, -0.2) is 4.99 Å². The van der Waals surface area contributed by atoms with Gasteiger partial charge in [-0.2, -0.15) is 0 Å². The van der Waals surface area contributed by atoms with Crippen molar-refractivity contribution in [3.05, 3.63) is 124 Å². The van der Waals surface area contributed by atoms with Crippen LogP contribution < -0.4 is 15.0 Å². The number of halogens is 2. The first-order chi connectivity index (χ1) is 19.0. The normalized spacial score (nSPS) is 15.1. The molecular weight excluding hydrogens is 553 g/mol. The number of carbonyl (C=O) groups excluding carboxylic acids is 2. The maximum atomic E-state index is 13.5. The van der Waals surface area contributed by atoms with Crippen molar-refractivity contribution < 1.29 is 14.3 Å². The zero-order valence-corrected chi connectivity index (χ0v) is 22.7. The highest BCUT2D eigenvalue weighted by molar-refractivity contribution is 8.19. The van der Waals surface area contributed by atoms with Gasteiger partial charge in [0.1, 0.15) is 5.75 Å². The second-order valence-corrected chi connectivity index (χ2v) is 10.2. The molecule has 2 amide bonds. The van der Waals surface area contributed by atoms with Gasteiger partial charge in [0.05, 0.1) is 26.3 Å². The van der Waals surface area contributed by atoms with Crippen molar-refractivity contribution in [2.45, 2.75) is 0 Å². The first kappa shape index (κ1) is 26.6. The SMILES string of the molecule is O=C(COc1cccc(/C=C2/SC(=Nc3ccccc3)N(c3ccccc3)C2=O)c1)Nc1ccc(Cl)c(Cl)c1. The van der Waals surface area contributed by atoms with Crippen LogP contribution in [-0.2, 0) is 9.59 Å². The fourth-order valence-electron chi connectivity index (χ4n) is 3.73. The van der Waals surface area contributed by atoms with E-state index < -0.39 is 0 Å². The lowest BCUT2D eigenvalue weighted by molar-refractivity contribution is -0.118. The molecule has 194 valence electrons. The van der Waals surface area contributed by atoms with Gasteiger partial charge >= 0.3 is 0 Å². The third kappa shape index (κ3) is 6.70. The number of rotatable bonds is 7. The van der Waals surface area contributed by atoms with E-state index in [1.807, 2.05) is 66.7 Å². The molecule has 0 aliphatic carbocycles. The molecule has 0 radical (unpaired) electrons. The summed E-state index contributed by atoms with van der Waals surface area (Å²) in [6.45, 7) is -0.205. The Kier molecular flexibility index (Phi) is 8.32. The molecule has 0 bridgehead atoms. The molecule has 9 heteroatoms. The summed E-state index contributed by atoms with van der Waals surface area (Å²) >= 11 is 13.2. The summed E-state index contributed by atoms with van der Waals surface area (Å²) < 4.78 is 5.69. The zero-order chi connectivity index (χ0) is 27.2. The standard InChI is InChI=1S/C30H21Cl2N3O3S/c31-25-15-14-22(18-26(25)32)33-28(36)19-38-24-13-7-8-20(16-24)17-27-29(37)35(23-11-5-2-6-12-23)30(39-27)34-21-9-3-1-4-10-21/h1-18H,19H2,(H,33,36)/b27-17+,34-30?. The van der Waals surface area contributed by atoms with Crippen molar-refractivity contribution >= 4 is 75.1 Å². The van der Waals surface area contributed by atoms with Crippen LogP contribution in [0.3, 0.4) is 0 Å². The molecule has 1 aliphatic heterocycles. The predicted molar refractivity (Wildman–Crippen MR) is 160 cm³/mol. The number of nitrogens with one attached hydrogen (secondary N) is 1. The van der Waals surface area contributed by atoms with E-state index in [0.29, 0.717) is 31.6 Å². The van der Waals surface area contributed by atoms with Crippen LogP contribution in [0.15, 0.2) is 113 Å². The van der Waals surface area contributed by atoms with Crippen molar-refractivity contribution in [3.8, 4) is 5.75 Å². The highest BCUT2D eigenvalue weighted by Gasteiger charge is 2.34. The molecule has 6 nitrogen and oxygen atoms in total. The van der Waals surface area contributed by atoms with Crippen LogP contribution in [0.1, 0.15) is 5.56 Å². The van der Waals surface area contributed by atoms with E-state index in [4.69, 9.17) is 32.9 Å². The number of amides is 2. The van der Waals surface area contributed by atoms with Crippen molar-refractivity contribution in [2.24, 2.45) is 4.99 Å². The number of ether oxygens (including phenoxy) is 1. The third-order valence-electron chi connectivity index (χ3n) is 5.53. The quantitative estimate of drug-likeness (QED) is 0.229. The summed E-state index contributed by atoms with van der Waals surface area (Å²) in [5.74, 6) is -0.0330. The fraction of sp³-hybridized carbons (Fsp3) is 0.0333. The first-order valence-electron chi connectivity index (χ1n) is 11.9. The van der Waals surface area contributed by atoms with Crippen molar-refractivity contribution in [3.63, 3.8) is 0 Å². The van der Waals surface area contributed by atoms with E-state index in [9.17, 15) is 9.59 Å². The molecule has 0 spiro atoms. The summed E-state index contributed by atoms with van der Waals surface area (Å²) in [7, 11) is 0. The number of anilines is 2. The van der Waals surface area contributed by atoms with Crippen LogP contribution >= 0.6 is 35.0 Å². The molecule has 39 heavy (non-hydrogen) atoms. The van der Waals surface area contributed by atoms with Gasteiger partial charge in [-0.05, 0) is 78.0 Å². The minimum atomic E-state index is -0.348. The van der Waals surface area contributed by atoms with Gasteiger partial charge < -0.3 is 10.1 Å². The molecule has 0 aromatic heterocycles.